The summed E-state index contributed by atoms with van der Waals surface area (Å²) in [5.41, 5.74) is 1.93. The number of fused-ring (bicyclic) bond motifs is 1. The van der Waals surface area contributed by atoms with Crippen LogP contribution in [0.3, 0.4) is 0 Å². The van der Waals surface area contributed by atoms with Gasteiger partial charge in [0.2, 0.25) is 16.8 Å². The number of carbonyl (C=O) groups is 1. The van der Waals surface area contributed by atoms with E-state index in [1.807, 2.05) is 23.6 Å². The lowest BCUT2D eigenvalue weighted by molar-refractivity contribution is 0.102. The zero-order valence-electron chi connectivity index (χ0n) is 18.0. The van der Waals surface area contributed by atoms with Gasteiger partial charge in [0.1, 0.15) is 0 Å². The van der Waals surface area contributed by atoms with Crippen LogP contribution in [0, 0.1) is 5.92 Å². The lowest BCUT2D eigenvalue weighted by atomic mass is 10.0. The first-order valence-electron chi connectivity index (χ1n) is 10.7. The molecule has 5 rings (SSSR count). The summed E-state index contributed by atoms with van der Waals surface area (Å²) >= 11 is 1.31. The zero-order valence-corrected chi connectivity index (χ0v) is 19.6. The zero-order chi connectivity index (χ0) is 23.0. The summed E-state index contributed by atoms with van der Waals surface area (Å²) in [6, 6.07) is 11.6. The third-order valence-electron chi connectivity index (χ3n) is 5.89. The Balaban J connectivity index is 1.26. The first-order chi connectivity index (χ1) is 15.9. The Labute approximate surface area is 196 Å². The molecule has 33 heavy (non-hydrogen) atoms. The Bertz CT molecular complexity index is 1280. The minimum absolute atomic E-state index is 0.202. The van der Waals surface area contributed by atoms with Crippen molar-refractivity contribution in [2.24, 2.45) is 5.92 Å². The number of anilines is 1. The molecule has 1 N–H and O–H groups in total. The van der Waals surface area contributed by atoms with Gasteiger partial charge in [0.15, 0.2) is 16.6 Å². The van der Waals surface area contributed by atoms with Gasteiger partial charge in [0.05, 0.1) is 10.6 Å². The Morgan fingerprint density at radius 2 is 1.82 bits per heavy atom. The van der Waals surface area contributed by atoms with E-state index in [1.165, 1.54) is 39.9 Å². The van der Waals surface area contributed by atoms with Crippen molar-refractivity contribution < 1.29 is 22.7 Å². The van der Waals surface area contributed by atoms with Crippen molar-refractivity contribution >= 4 is 32.4 Å². The van der Waals surface area contributed by atoms with Crippen molar-refractivity contribution in [2.75, 3.05) is 25.2 Å². The number of sulfonamides is 1. The molecule has 172 valence electrons. The second kappa shape index (κ2) is 8.77. The first kappa shape index (κ1) is 21.9. The normalized spacial score (nSPS) is 16.6. The van der Waals surface area contributed by atoms with Crippen LogP contribution in [0.1, 0.15) is 30.1 Å². The summed E-state index contributed by atoms with van der Waals surface area (Å²) in [4.78, 5) is 17.4. The van der Waals surface area contributed by atoms with Crippen LogP contribution >= 0.6 is 11.3 Å². The molecule has 0 saturated carbocycles. The average molecular weight is 486 g/mol. The summed E-state index contributed by atoms with van der Waals surface area (Å²) in [6.45, 7) is 3.40. The molecule has 0 atom stereocenters. The summed E-state index contributed by atoms with van der Waals surface area (Å²) in [5, 5.41) is 5.08. The van der Waals surface area contributed by atoms with E-state index < -0.39 is 10.0 Å². The van der Waals surface area contributed by atoms with Gasteiger partial charge in [-0.2, -0.15) is 4.31 Å². The van der Waals surface area contributed by atoms with Crippen molar-refractivity contribution in [3.8, 4) is 22.8 Å². The highest BCUT2D eigenvalue weighted by atomic mass is 32.2. The molecule has 2 aromatic carbocycles. The van der Waals surface area contributed by atoms with E-state index in [9.17, 15) is 13.2 Å². The van der Waals surface area contributed by atoms with E-state index in [2.05, 4.69) is 17.2 Å². The van der Waals surface area contributed by atoms with E-state index in [-0.39, 0.29) is 17.6 Å². The maximum absolute atomic E-state index is 12.9. The molecule has 2 aliphatic rings. The molecule has 10 heteroatoms. The van der Waals surface area contributed by atoms with Gasteiger partial charge in [0, 0.05) is 29.6 Å². The van der Waals surface area contributed by atoms with Gasteiger partial charge in [-0.25, -0.2) is 13.4 Å². The molecule has 3 aromatic rings. The van der Waals surface area contributed by atoms with Gasteiger partial charge >= 0.3 is 0 Å². The van der Waals surface area contributed by atoms with Crippen molar-refractivity contribution in [1.82, 2.24) is 9.29 Å². The number of hydrogen-bond acceptors (Lipinski definition) is 7. The minimum Gasteiger partial charge on any atom is -0.454 e. The highest BCUT2D eigenvalue weighted by Crippen LogP contribution is 2.36. The number of amides is 1. The van der Waals surface area contributed by atoms with Gasteiger partial charge in [-0.05, 0) is 61.2 Å². The molecule has 1 saturated heterocycles. The molecule has 1 fully saturated rings. The molecule has 1 aromatic heterocycles. The van der Waals surface area contributed by atoms with Crippen LogP contribution in [0.4, 0.5) is 5.13 Å². The van der Waals surface area contributed by atoms with Crippen LogP contribution in [0.25, 0.3) is 11.3 Å². The van der Waals surface area contributed by atoms with Gasteiger partial charge in [-0.15, -0.1) is 11.3 Å². The standard InChI is InChI=1S/C23H23N3O5S2/c1-15-8-10-26(11-9-15)33(28,29)18-5-2-16(3-6-18)22(27)25-23-24-19(13-32-23)17-4-7-20-21(12-17)31-14-30-20/h2-7,12-13,15H,8-11,14H2,1H3,(H,24,25,27). The predicted octanol–water partition coefficient (Wildman–Crippen LogP) is 4.21. The summed E-state index contributed by atoms with van der Waals surface area (Å²) in [7, 11) is -3.55. The van der Waals surface area contributed by atoms with Crippen LogP contribution in [0.2, 0.25) is 0 Å². The largest absolute Gasteiger partial charge is 0.454 e. The number of nitrogens with one attached hydrogen (secondary N) is 1. The number of rotatable bonds is 5. The number of nitrogens with zero attached hydrogens (tertiary/aromatic N) is 2. The third-order valence-corrected chi connectivity index (χ3v) is 8.56. The fourth-order valence-electron chi connectivity index (χ4n) is 3.84. The molecule has 8 nitrogen and oxygen atoms in total. The quantitative estimate of drug-likeness (QED) is 0.581. The second-order valence-electron chi connectivity index (χ2n) is 8.17. The topological polar surface area (TPSA) is 97.8 Å². The minimum atomic E-state index is -3.55. The summed E-state index contributed by atoms with van der Waals surface area (Å²) in [5.74, 6) is 1.55. The second-order valence-corrected chi connectivity index (χ2v) is 11.0. The van der Waals surface area contributed by atoms with Gasteiger partial charge in [-0.1, -0.05) is 6.92 Å². The lowest BCUT2D eigenvalue weighted by Crippen LogP contribution is -2.37. The molecule has 0 spiro atoms. The van der Waals surface area contributed by atoms with E-state index in [1.54, 1.807) is 0 Å². The Morgan fingerprint density at radius 3 is 2.58 bits per heavy atom. The van der Waals surface area contributed by atoms with Crippen LogP contribution in [-0.2, 0) is 10.0 Å². The molecule has 0 unspecified atom stereocenters. The van der Waals surface area contributed by atoms with Gasteiger partial charge in [0.25, 0.3) is 5.91 Å². The van der Waals surface area contributed by atoms with Gasteiger partial charge in [-0.3, -0.25) is 10.1 Å². The number of aromatic nitrogens is 1. The molecule has 0 bridgehead atoms. The van der Waals surface area contributed by atoms with E-state index in [0.717, 1.165) is 18.4 Å². The fraction of sp³-hybridized carbons (Fsp3) is 0.304. The van der Waals surface area contributed by atoms with Crippen LogP contribution < -0.4 is 14.8 Å². The lowest BCUT2D eigenvalue weighted by Gasteiger charge is -2.29. The van der Waals surface area contributed by atoms with Crippen molar-refractivity contribution in [2.45, 2.75) is 24.7 Å². The SMILES string of the molecule is CC1CCN(S(=O)(=O)c2ccc(C(=O)Nc3nc(-c4ccc5c(c4)OCO5)cs3)cc2)CC1. The molecule has 2 aliphatic heterocycles. The number of piperidine rings is 1. The van der Waals surface area contributed by atoms with E-state index in [4.69, 9.17) is 9.47 Å². The smallest absolute Gasteiger partial charge is 0.257 e. The maximum atomic E-state index is 12.9. The van der Waals surface area contributed by atoms with Crippen molar-refractivity contribution in [3.05, 3.63) is 53.4 Å². The van der Waals surface area contributed by atoms with Crippen LogP contribution in [0.5, 0.6) is 11.5 Å². The van der Waals surface area contributed by atoms with E-state index in [0.29, 0.717) is 46.9 Å². The van der Waals surface area contributed by atoms with E-state index >= 15 is 0 Å². The Hall–Kier alpha value is -2.95. The highest BCUT2D eigenvalue weighted by molar-refractivity contribution is 7.89. The van der Waals surface area contributed by atoms with Crippen molar-refractivity contribution in [3.63, 3.8) is 0 Å². The molecule has 0 aliphatic carbocycles. The molecular formula is C23H23N3O5S2. The number of thiazole rings is 1. The Kier molecular flexibility index (Phi) is 5.81. The fourth-order valence-corrected chi connectivity index (χ4v) is 6.03. The highest BCUT2D eigenvalue weighted by Gasteiger charge is 2.28. The Morgan fingerprint density at radius 1 is 1.09 bits per heavy atom. The summed E-state index contributed by atoms with van der Waals surface area (Å²) < 4.78 is 38.0. The average Bonchev–Trinajstić information content (AvgIpc) is 3.48. The molecule has 0 radical (unpaired) electrons. The molecule has 3 heterocycles. The monoisotopic (exact) mass is 485 g/mol. The molecular weight excluding hydrogens is 462 g/mol. The maximum Gasteiger partial charge on any atom is 0.257 e. The van der Waals surface area contributed by atoms with Crippen molar-refractivity contribution in [1.29, 1.82) is 0 Å². The van der Waals surface area contributed by atoms with Gasteiger partial charge < -0.3 is 9.47 Å². The predicted molar refractivity (Wildman–Crippen MR) is 125 cm³/mol. The van der Waals surface area contributed by atoms with Crippen LogP contribution in [-0.4, -0.2) is 43.5 Å². The molecule has 1 amide bonds. The number of ether oxygens (including phenoxy) is 2. The summed E-state index contributed by atoms with van der Waals surface area (Å²) in [6.07, 6.45) is 1.73. The number of benzene rings is 2. The van der Waals surface area contributed by atoms with Crippen LogP contribution in [0.15, 0.2) is 52.7 Å². The first-order valence-corrected chi connectivity index (χ1v) is 13.0. The number of carbonyl (C=O) groups excluding carboxylic acids is 1. The number of hydrogen-bond donors (Lipinski definition) is 1. The third kappa shape index (κ3) is 4.46.